The van der Waals surface area contributed by atoms with Crippen LogP contribution in [0.1, 0.15) is 32.4 Å². The number of para-hydroxylation sites is 1. The van der Waals surface area contributed by atoms with E-state index in [0.717, 1.165) is 0 Å². The van der Waals surface area contributed by atoms with Crippen molar-refractivity contribution in [2.75, 3.05) is 11.9 Å². The molecule has 2 amide bonds. The van der Waals surface area contributed by atoms with E-state index in [2.05, 4.69) is 15.5 Å². The van der Waals surface area contributed by atoms with Gasteiger partial charge in [-0.05, 0) is 36.4 Å². The number of ether oxygens (including phenoxy) is 1. The average Bonchev–Trinajstić information content (AvgIpc) is 3.16. The second kappa shape index (κ2) is 9.28. The van der Waals surface area contributed by atoms with Crippen molar-refractivity contribution in [3.8, 4) is 5.75 Å². The van der Waals surface area contributed by atoms with Crippen LogP contribution in [-0.2, 0) is 6.61 Å². The summed E-state index contributed by atoms with van der Waals surface area (Å²) in [6, 6.07) is 12.0. The Balaban J connectivity index is 1.63. The van der Waals surface area contributed by atoms with E-state index in [-0.39, 0.29) is 17.7 Å². The lowest BCUT2D eigenvalue weighted by molar-refractivity contribution is -0.123. The molecule has 0 saturated carbocycles. The number of anilines is 1. The second-order valence-electron chi connectivity index (χ2n) is 6.34. The number of aryl methyl sites for hydroxylation is 1. The minimum Gasteiger partial charge on any atom is -0.485 e. The summed E-state index contributed by atoms with van der Waals surface area (Å²) in [5, 5.41) is 8.14. The SMILES string of the molecule is Cc1nc(COc2ccccc2C(=O)Nc2ccc(C(=O)NCC(F)(F)F)cc2)no1. The van der Waals surface area contributed by atoms with Crippen LogP contribution in [-0.4, -0.2) is 34.7 Å². The number of hydrogen-bond acceptors (Lipinski definition) is 6. The molecule has 0 radical (unpaired) electrons. The lowest BCUT2D eigenvalue weighted by Crippen LogP contribution is -2.33. The summed E-state index contributed by atoms with van der Waals surface area (Å²) in [7, 11) is 0. The predicted octanol–water partition coefficient (Wildman–Crippen LogP) is 3.50. The smallest absolute Gasteiger partial charge is 0.405 e. The zero-order valence-corrected chi connectivity index (χ0v) is 16.2. The molecule has 11 heteroatoms. The molecular weight excluding hydrogens is 417 g/mol. The van der Waals surface area contributed by atoms with E-state index in [1.165, 1.54) is 24.3 Å². The molecule has 31 heavy (non-hydrogen) atoms. The summed E-state index contributed by atoms with van der Waals surface area (Å²) in [5.74, 6) is -0.335. The van der Waals surface area contributed by atoms with E-state index in [9.17, 15) is 22.8 Å². The molecule has 8 nitrogen and oxygen atoms in total. The first kappa shape index (κ1) is 21.8. The van der Waals surface area contributed by atoms with Crippen molar-refractivity contribution in [2.24, 2.45) is 0 Å². The number of halogens is 3. The molecule has 0 saturated heterocycles. The van der Waals surface area contributed by atoms with E-state index in [0.29, 0.717) is 23.2 Å². The molecule has 0 fully saturated rings. The van der Waals surface area contributed by atoms with Gasteiger partial charge in [-0.1, -0.05) is 17.3 Å². The Kier molecular flexibility index (Phi) is 6.53. The normalized spacial score (nSPS) is 11.1. The highest BCUT2D eigenvalue weighted by atomic mass is 19.4. The average molecular weight is 434 g/mol. The van der Waals surface area contributed by atoms with Gasteiger partial charge in [0.25, 0.3) is 11.8 Å². The van der Waals surface area contributed by atoms with Crippen molar-refractivity contribution < 1.29 is 32.0 Å². The highest BCUT2D eigenvalue weighted by Crippen LogP contribution is 2.21. The van der Waals surface area contributed by atoms with Crippen LogP contribution >= 0.6 is 0 Å². The monoisotopic (exact) mass is 434 g/mol. The molecule has 2 aromatic carbocycles. The molecule has 1 heterocycles. The van der Waals surface area contributed by atoms with Crippen molar-refractivity contribution in [3.63, 3.8) is 0 Å². The number of aromatic nitrogens is 2. The van der Waals surface area contributed by atoms with Crippen LogP contribution < -0.4 is 15.4 Å². The van der Waals surface area contributed by atoms with Crippen LogP contribution in [0.4, 0.5) is 18.9 Å². The molecular formula is C20H17F3N4O4. The summed E-state index contributed by atoms with van der Waals surface area (Å²) in [5.41, 5.74) is 0.622. The summed E-state index contributed by atoms with van der Waals surface area (Å²) < 4.78 is 47.1. The summed E-state index contributed by atoms with van der Waals surface area (Å²) in [6.07, 6.45) is -4.50. The van der Waals surface area contributed by atoms with Gasteiger partial charge >= 0.3 is 6.18 Å². The van der Waals surface area contributed by atoms with Gasteiger partial charge in [0.15, 0.2) is 6.61 Å². The number of hydrogen-bond donors (Lipinski definition) is 2. The third-order valence-corrected chi connectivity index (χ3v) is 3.91. The highest BCUT2D eigenvalue weighted by Gasteiger charge is 2.27. The number of carbonyl (C=O) groups excluding carboxylic acids is 2. The fourth-order valence-electron chi connectivity index (χ4n) is 2.51. The minimum absolute atomic E-state index is 0.00334. The molecule has 0 spiro atoms. The number of nitrogens with one attached hydrogen (secondary N) is 2. The maximum Gasteiger partial charge on any atom is 0.405 e. The third kappa shape index (κ3) is 6.29. The maximum absolute atomic E-state index is 12.6. The Hall–Kier alpha value is -3.89. The first-order valence-corrected chi connectivity index (χ1v) is 8.98. The first-order valence-electron chi connectivity index (χ1n) is 8.98. The number of amides is 2. The number of carbonyl (C=O) groups is 2. The number of nitrogens with zero attached hydrogens (tertiary/aromatic N) is 2. The van der Waals surface area contributed by atoms with Crippen molar-refractivity contribution in [2.45, 2.75) is 19.7 Å². The quantitative estimate of drug-likeness (QED) is 0.590. The molecule has 1 aromatic heterocycles. The fourth-order valence-corrected chi connectivity index (χ4v) is 2.51. The van der Waals surface area contributed by atoms with E-state index >= 15 is 0 Å². The minimum atomic E-state index is -4.50. The Morgan fingerprint density at radius 3 is 2.42 bits per heavy atom. The maximum atomic E-state index is 12.6. The largest absolute Gasteiger partial charge is 0.485 e. The van der Waals surface area contributed by atoms with Gasteiger partial charge in [-0.2, -0.15) is 18.2 Å². The predicted molar refractivity (Wildman–Crippen MR) is 103 cm³/mol. The van der Waals surface area contributed by atoms with Gasteiger partial charge in [-0.15, -0.1) is 0 Å². The Labute approximate surface area is 174 Å². The van der Waals surface area contributed by atoms with Crippen molar-refractivity contribution in [1.29, 1.82) is 0 Å². The summed E-state index contributed by atoms with van der Waals surface area (Å²) in [6.45, 7) is 0.219. The van der Waals surface area contributed by atoms with Crippen LogP contribution in [0, 0.1) is 6.92 Å². The lowest BCUT2D eigenvalue weighted by Gasteiger charge is -2.11. The molecule has 0 unspecified atom stereocenters. The molecule has 3 aromatic rings. The van der Waals surface area contributed by atoms with Crippen LogP contribution in [0.5, 0.6) is 5.75 Å². The van der Waals surface area contributed by atoms with Gasteiger partial charge < -0.3 is 19.9 Å². The lowest BCUT2D eigenvalue weighted by atomic mass is 10.1. The van der Waals surface area contributed by atoms with Gasteiger partial charge in [0.1, 0.15) is 12.3 Å². The molecule has 2 N–H and O–H groups in total. The summed E-state index contributed by atoms with van der Waals surface area (Å²) in [4.78, 5) is 28.4. The zero-order valence-electron chi connectivity index (χ0n) is 16.2. The van der Waals surface area contributed by atoms with E-state index in [1.807, 2.05) is 0 Å². The van der Waals surface area contributed by atoms with Crippen LogP contribution in [0.2, 0.25) is 0 Å². The molecule has 0 aliphatic heterocycles. The molecule has 162 valence electrons. The van der Waals surface area contributed by atoms with Gasteiger partial charge in [0.2, 0.25) is 11.7 Å². The fraction of sp³-hybridized carbons (Fsp3) is 0.200. The van der Waals surface area contributed by atoms with E-state index in [4.69, 9.17) is 9.26 Å². The molecule has 0 bridgehead atoms. The van der Waals surface area contributed by atoms with Crippen molar-refractivity contribution in [3.05, 3.63) is 71.4 Å². The second-order valence-corrected chi connectivity index (χ2v) is 6.34. The van der Waals surface area contributed by atoms with Gasteiger partial charge in [0, 0.05) is 18.2 Å². The van der Waals surface area contributed by atoms with Crippen molar-refractivity contribution >= 4 is 17.5 Å². The summed E-state index contributed by atoms with van der Waals surface area (Å²) >= 11 is 0. The molecule has 0 atom stereocenters. The third-order valence-electron chi connectivity index (χ3n) is 3.91. The van der Waals surface area contributed by atoms with E-state index < -0.39 is 24.5 Å². The topological polar surface area (TPSA) is 106 Å². The van der Waals surface area contributed by atoms with E-state index in [1.54, 1.807) is 36.5 Å². The van der Waals surface area contributed by atoms with Gasteiger partial charge in [-0.25, -0.2) is 0 Å². The number of alkyl halides is 3. The highest BCUT2D eigenvalue weighted by molar-refractivity contribution is 6.06. The first-order chi connectivity index (χ1) is 14.7. The van der Waals surface area contributed by atoms with Gasteiger partial charge in [0.05, 0.1) is 5.56 Å². The van der Waals surface area contributed by atoms with Crippen LogP contribution in [0.3, 0.4) is 0 Å². The standard InChI is InChI=1S/C20H17F3N4O4/c1-12-25-17(27-31-12)10-30-16-5-3-2-4-15(16)19(29)26-14-8-6-13(7-9-14)18(28)24-11-20(21,22)23/h2-9H,10-11H2,1H3,(H,24,28)(H,26,29). The van der Waals surface area contributed by atoms with Crippen molar-refractivity contribution in [1.82, 2.24) is 15.5 Å². The Bertz CT molecular complexity index is 1060. The van der Waals surface area contributed by atoms with Gasteiger partial charge in [-0.3, -0.25) is 9.59 Å². The molecule has 0 aliphatic rings. The molecule has 3 rings (SSSR count). The Morgan fingerprint density at radius 2 is 1.77 bits per heavy atom. The zero-order chi connectivity index (χ0) is 22.4. The number of benzene rings is 2. The molecule has 0 aliphatic carbocycles. The Morgan fingerprint density at radius 1 is 1.06 bits per heavy atom. The van der Waals surface area contributed by atoms with Crippen LogP contribution in [0.15, 0.2) is 53.1 Å². The van der Waals surface area contributed by atoms with Crippen LogP contribution in [0.25, 0.3) is 0 Å². The number of rotatable bonds is 7.